The third-order valence-corrected chi connectivity index (χ3v) is 2.24. The van der Waals surface area contributed by atoms with E-state index in [9.17, 15) is 9.59 Å². The van der Waals surface area contributed by atoms with Crippen LogP contribution in [0.15, 0.2) is 9.98 Å². The first-order valence-electron chi connectivity index (χ1n) is 5.49. The van der Waals surface area contributed by atoms with Crippen LogP contribution in [0.4, 0.5) is 0 Å². The molecular formula is C12H20N2O2. The highest BCUT2D eigenvalue weighted by atomic mass is 16.1. The first-order chi connectivity index (χ1) is 7.39. The van der Waals surface area contributed by atoms with E-state index in [0.29, 0.717) is 5.92 Å². The zero-order valence-electron chi connectivity index (χ0n) is 10.5. The predicted molar refractivity (Wildman–Crippen MR) is 62.8 cm³/mol. The Kier molecular flexibility index (Phi) is 6.55. The maximum atomic E-state index is 10.2. The van der Waals surface area contributed by atoms with Crippen LogP contribution in [-0.2, 0) is 9.59 Å². The van der Waals surface area contributed by atoms with Crippen molar-refractivity contribution in [2.75, 3.05) is 6.54 Å². The maximum Gasteiger partial charge on any atom is 0.235 e. The largest absolute Gasteiger partial charge is 0.235 e. The minimum Gasteiger partial charge on any atom is -0.211 e. The Bertz CT molecular complexity index is 295. The lowest BCUT2D eigenvalue weighted by Crippen LogP contribution is -2.18. The van der Waals surface area contributed by atoms with Crippen molar-refractivity contribution >= 4 is 12.2 Å². The number of hydrogen-bond donors (Lipinski definition) is 0. The van der Waals surface area contributed by atoms with Crippen LogP contribution in [0, 0.1) is 11.3 Å². The van der Waals surface area contributed by atoms with Gasteiger partial charge in [0.15, 0.2) is 0 Å². The number of isocyanates is 2. The molecule has 0 heterocycles. The highest BCUT2D eigenvalue weighted by Gasteiger charge is 2.18. The van der Waals surface area contributed by atoms with Gasteiger partial charge < -0.3 is 0 Å². The summed E-state index contributed by atoms with van der Waals surface area (Å²) < 4.78 is 0. The lowest BCUT2D eigenvalue weighted by molar-refractivity contribution is 0.287. The summed E-state index contributed by atoms with van der Waals surface area (Å²) in [5.74, 6) is 0.434. The van der Waals surface area contributed by atoms with Gasteiger partial charge in [-0.25, -0.2) is 19.6 Å². The number of hydrogen-bond acceptors (Lipinski definition) is 4. The van der Waals surface area contributed by atoms with Gasteiger partial charge in [-0.15, -0.1) is 0 Å². The van der Waals surface area contributed by atoms with E-state index in [1.807, 2.05) is 0 Å². The average Bonchev–Trinajstić information content (AvgIpc) is 2.11. The molecule has 4 heteroatoms. The fraction of sp³-hybridized carbons (Fsp3) is 0.833. The van der Waals surface area contributed by atoms with Gasteiger partial charge >= 0.3 is 0 Å². The van der Waals surface area contributed by atoms with E-state index in [-0.39, 0.29) is 18.0 Å². The van der Waals surface area contributed by atoms with Crippen molar-refractivity contribution in [1.29, 1.82) is 0 Å². The lowest BCUT2D eigenvalue weighted by atomic mass is 9.83. The monoisotopic (exact) mass is 224 g/mol. The Labute approximate surface area is 96.9 Å². The molecule has 0 rings (SSSR count). The Morgan fingerprint density at radius 2 is 1.81 bits per heavy atom. The zero-order valence-corrected chi connectivity index (χ0v) is 10.5. The summed E-state index contributed by atoms with van der Waals surface area (Å²) in [5, 5.41) is 0. The minimum absolute atomic E-state index is 0.229. The molecular weight excluding hydrogens is 204 g/mol. The van der Waals surface area contributed by atoms with Crippen molar-refractivity contribution < 1.29 is 9.59 Å². The molecule has 0 aliphatic carbocycles. The number of carbonyl (C=O) groups excluding carboxylic acids is 2. The van der Waals surface area contributed by atoms with E-state index in [2.05, 4.69) is 37.7 Å². The van der Waals surface area contributed by atoms with Crippen molar-refractivity contribution in [2.24, 2.45) is 21.3 Å². The van der Waals surface area contributed by atoms with E-state index in [4.69, 9.17) is 0 Å². The summed E-state index contributed by atoms with van der Waals surface area (Å²) >= 11 is 0. The van der Waals surface area contributed by atoms with Gasteiger partial charge in [0.1, 0.15) is 0 Å². The first-order valence-corrected chi connectivity index (χ1v) is 5.49. The van der Waals surface area contributed by atoms with Crippen molar-refractivity contribution in [2.45, 2.75) is 46.6 Å². The van der Waals surface area contributed by atoms with Crippen LogP contribution >= 0.6 is 0 Å². The summed E-state index contributed by atoms with van der Waals surface area (Å²) in [6, 6.07) is -0.240. The van der Waals surface area contributed by atoms with Crippen LogP contribution in [0.2, 0.25) is 0 Å². The summed E-state index contributed by atoms with van der Waals surface area (Å²) in [4.78, 5) is 27.3. The molecule has 0 aromatic heterocycles. The highest BCUT2D eigenvalue weighted by molar-refractivity contribution is 5.35. The van der Waals surface area contributed by atoms with Crippen LogP contribution in [-0.4, -0.2) is 24.7 Å². The van der Waals surface area contributed by atoms with Crippen LogP contribution in [0.5, 0.6) is 0 Å². The highest BCUT2D eigenvalue weighted by Crippen LogP contribution is 2.27. The summed E-state index contributed by atoms with van der Waals surface area (Å²) in [6.45, 7) is 8.86. The van der Waals surface area contributed by atoms with Gasteiger partial charge in [-0.1, -0.05) is 27.7 Å². The van der Waals surface area contributed by atoms with Crippen LogP contribution in [0.3, 0.4) is 0 Å². The maximum absolute atomic E-state index is 10.2. The Balaban J connectivity index is 4.27. The van der Waals surface area contributed by atoms with Crippen LogP contribution < -0.4 is 0 Å². The Morgan fingerprint density at radius 3 is 2.25 bits per heavy atom. The molecule has 4 nitrogen and oxygen atoms in total. The third-order valence-electron chi connectivity index (χ3n) is 2.24. The molecule has 0 N–H and O–H groups in total. The summed E-state index contributed by atoms with van der Waals surface area (Å²) in [6.07, 6.45) is 4.79. The summed E-state index contributed by atoms with van der Waals surface area (Å²) in [7, 11) is 0. The van der Waals surface area contributed by atoms with E-state index in [1.165, 1.54) is 12.2 Å². The topological polar surface area (TPSA) is 58.9 Å². The molecule has 0 aromatic rings. The van der Waals surface area contributed by atoms with Gasteiger partial charge in [0.2, 0.25) is 12.2 Å². The molecule has 0 amide bonds. The second-order valence-corrected chi connectivity index (χ2v) is 5.41. The molecule has 0 saturated carbocycles. The average molecular weight is 224 g/mol. The van der Waals surface area contributed by atoms with Gasteiger partial charge in [0.05, 0.1) is 12.6 Å². The van der Waals surface area contributed by atoms with Crippen molar-refractivity contribution in [3.63, 3.8) is 0 Å². The quantitative estimate of drug-likeness (QED) is 0.514. The lowest BCUT2D eigenvalue weighted by Gasteiger charge is -2.24. The van der Waals surface area contributed by atoms with E-state index in [0.717, 1.165) is 12.8 Å². The molecule has 2 unspecified atom stereocenters. The Morgan fingerprint density at radius 1 is 1.19 bits per heavy atom. The SMILES string of the molecule is CC(CC(CN=C=O)N=C=O)CC(C)(C)C. The molecule has 0 saturated heterocycles. The van der Waals surface area contributed by atoms with Gasteiger partial charge in [0.25, 0.3) is 0 Å². The second kappa shape index (κ2) is 7.10. The minimum atomic E-state index is -0.240. The van der Waals surface area contributed by atoms with Crippen LogP contribution in [0.25, 0.3) is 0 Å². The van der Waals surface area contributed by atoms with Crippen molar-refractivity contribution in [3.05, 3.63) is 0 Å². The molecule has 16 heavy (non-hydrogen) atoms. The zero-order chi connectivity index (χ0) is 12.6. The first kappa shape index (κ1) is 14.8. The van der Waals surface area contributed by atoms with E-state index in [1.54, 1.807) is 0 Å². The molecule has 0 aliphatic heterocycles. The van der Waals surface area contributed by atoms with Gasteiger partial charge in [-0.05, 0) is 24.2 Å². The normalized spacial score (nSPS) is 14.5. The smallest absolute Gasteiger partial charge is 0.211 e. The number of aliphatic imine (C=N–C) groups is 2. The molecule has 0 radical (unpaired) electrons. The number of rotatable bonds is 6. The predicted octanol–water partition coefficient (Wildman–Crippen LogP) is 2.49. The number of nitrogens with zero attached hydrogens (tertiary/aromatic N) is 2. The molecule has 0 fully saturated rings. The fourth-order valence-corrected chi connectivity index (χ4v) is 1.98. The van der Waals surface area contributed by atoms with Gasteiger partial charge in [-0.3, -0.25) is 0 Å². The molecule has 0 spiro atoms. The molecule has 90 valence electrons. The van der Waals surface area contributed by atoms with Crippen LogP contribution in [0.1, 0.15) is 40.5 Å². The molecule has 0 aromatic carbocycles. The van der Waals surface area contributed by atoms with Crippen molar-refractivity contribution in [3.8, 4) is 0 Å². The molecule has 2 atom stereocenters. The molecule has 0 bridgehead atoms. The van der Waals surface area contributed by atoms with Crippen molar-refractivity contribution in [1.82, 2.24) is 0 Å². The molecule has 0 aliphatic rings. The second-order valence-electron chi connectivity index (χ2n) is 5.41. The third kappa shape index (κ3) is 8.10. The van der Waals surface area contributed by atoms with Gasteiger partial charge in [-0.2, -0.15) is 0 Å². The Hall–Kier alpha value is -1.24. The van der Waals surface area contributed by atoms with E-state index < -0.39 is 0 Å². The van der Waals surface area contributed by atoms with E-state index >= 15 is 0 Å². The summed E-state index contributed by atoms with van der Waals surface area (Å²) in [5.41, 5.74) is 0.253. The van der Waals surface area contributed by atoms with Gasteiger partial charge in [0, 0.05) is 0 Å². The standard InChI is InChI=1S/C12H20N2O2/c1-10(6-12(2,3)4)5-11(14-9-16)7-13-8-15/h10-11H,5-7H2,1-4H3. The fourth-order valence-electron chi connectivity index (χ4n) is 1.98.